The molecule has 0 radical (unpaired) electrons. The van der Waals surface area contributed by atoms with Crippen LogP contribution in [-0.4, -0.2) is 9.55 Å². The Bertz CT molecular complexity index is 609. The number of benzene rings is 1. The molecule has 3 heteroatoms. The Balaban J connectivity index is 2.60. The third kappa shape index (κ3) is 2.37. The highest BCUT2D eigenvalue weighted by molar-refractivity contribution is 5.74. The molecule has 0 aliphatic heterocycles. The predicted molar refractivity (Wildman–Crippen MR) is 81.3 cm³/mol. The van der Waals surface area contributed by atoms with E-state index in [0.717, 1.165) is 35.9 Å². The first-order valence-corrected chi connectivity index (χ1v) is 6.86. The molecule has 0 fully saturated rings. The lowest BCUT2D eigenvalue weighted by Gasteiger charge is -2.09. The van der Waals surface area contributed by atoms with Crippen molar-refractivity contribution in [2.75, 3.05) is 5.73 Å². The Morgan fingerprint density at radius 2 is 1.68 bits per heavy atom. The van der Waals surface area contributed by atoms with Crippen molar-refractivity contribution in [1.29, 1.82) is 0 Å². The lowest BCUT2D eigenvalue weighted by Crippen LogP contribution is -2.04. The zero-order valence-electron chi connectivity index (χ0n) is 12.5. The van der Waals surface area contributed by atoms with E-state index in [2.05, 4.69) is 49.4 Å². The average Bonchev–Trinajstić information content (AvgIpc) is 2.62. The van der Waals surface area contributed by atoms with Crippen molar-refractivity contribution in [3.05, 3.63) is 34.6 Å². The highest BCUT2D eigenvalue weighted by Crippen LogP contribution is 2.30. The number of nitrogens with two attached hydrogens (primary N) is 1. The molecule has 2 rings (SSSR count). The molecule has 0 bridgehead atoms. The summed E-state index contributed by atoms with van der Waals surface area (Å²) in [5, 5.41) is 0. The average molecular weight is 257 g/mol. The fraction of sp³-hybridized carbons (Fsp3) is 0.438. The molecule has 0 saturated heterocycles. The van der Waals surface area contributed by atoms with E-state index in [1.165, 1.54) is 16.7 Å². The quantitative estimate of drug-likeness (QED) is 0.909. The largest absolute Gasteiger partial charge is 0.383 e. The first-order chi connectivity index (χ1) is 8.95. The Kier molecular flexibility index (Phi) is 3.65. The Morgan fingerprint density at radius 1 is 1.05 bits per heavy atom. The zero-order chi connectivity index (χ0) is 14.2. The van der Waals surface area contributed by atoms with E-state index in [4.69, 9.17) is 5.73 Å². The SMILES string of the molecule is CCCn1c(C)nc(-c2cc(C)c(C)cc2C)c1N. The number of hydrogen-bond acceptors (Lipinski definition) is 2. The standard InChI is InChI=1S/C16H23N3/c1-6-7-19-13(5)18-15(16(19)17)14-9-11(3)10(2)8-12(14)4/h8-9H,6-7,17H2,1-5H3. The number of aryl methyl sites for hydroxylation is 4. The molecule has 1 aromatic carbocycles. The molecule has 0 atom stereocenters. The number of hydrogen-bond donors (Lipinski definition) is 1. The monoisotopic (exact) mass is 257 g/mol. The summed E-state index contributed by atoms with van der Waals surface area (Å²) in [6, 6.07) is 4.40. The molecule has 0 aliphatic rings. The fourth-order valence-electron chi connectivity index (χ4n) is 2.50. The van der Waals surface area contributed by atoms with Crippen LogP contribution in [-0.2, 0) is 6.54 Å². The zero-order valence-corrected chi connectivity index (χ0v) is 12.5. The Hall–Kier alpha value is -1.77. The highest BCUT2D eigenvalue weighted by Gasteiger charge is 2.15. The smallest absolute Gasteiger partial charge is 0.131 e. The Labute approximate surface area is 115 Å². The van der Waals surface area contributed by atoms with E-state index in [1.54, 1.807) is 0 Å². The van der Waals surface area contributed by atoms with Gasteiger partial charge in [-0.2, -0.15) is 0 Å². The molecule has 0 spiro atoms. The molecule has 0 unspecified atom stereocenters. The predicted octanol–water partition coefficient (Wildman–Crippen LogP) is 3.78. The van der Waals surface area contributed by atoms with Crippen molar-refractivity contribution in [3.8, 4) is 11.3 Å². The number of rotatable bonds is 3. The van der Waals surface area contributed by atoms with Crippen LogP contribution in [0.5, 0.6) is 0 Å². The minimum absolute atomic E-state index is 0.783. The Morgan fingerprint density at radius 3 is 2.32 bits per heavy atom. The van der Waals surface area contributed by atoms with Gasteiger partial charge in [0, 0.05) is 12.1 Å². The van der Waals surface area contributed by atoms with Crippen molar-refractivity contribution in [2.45, 2.75) is 47.6 Å². The van der Waals surface area contributed by atoms with Crippen molar-refractivity contribution in [2.24, 2.45) is 0 Å². The van der Waals surface area contributed by atoms with Gasteiger partial charge in [0.2, 0.25) is 0 Å². The number of anilines is 1. The third-order valence-electron chi connectivity index (χ3n) is 3.74. The van der Waals surface area contributed by atoms with E-state index in [1.807, 2.05) is 6.92 Å². The van der Waals surface area contributed by atoms with E-state index >= 15 is 0 Å². The van der Waals surface area contributed by atoms with Gasteiger partial charge in [0.15, 0.2) is 0 Å². The molecule has 2 N–H and O–H groups in total. The molecular weight excluding hydrogens is 234 g/mol. The maximum atomic E-state index is 6.28. The van der Waals surface area contributed by atoms with Gasteiger partial charge in [-0.25, -0.2) is 4.98 Å². The van der Waals surface area contributed by atoms with Crippen LogP contribution in [0.2, 0.25) is 0 Å². The summed E-state index contributed by atoms with van der Waals surface area (Å²) in [6.45, 7) is 11.5. The minimum Gasteiger partial charge on any atom is -0.383 e. The number of nitrogen functional groups attached to an aromatic ring is 1. The van der Waals surface area contributed by atoms with Gasteiger partial charge in [-0.3, -0.25) is 0 Å². The summed E-state index contributed by atoms with van der Waals surface area (Å²) in [4.78, 5) is 4.67. The van der Waals surface area contributed by atoms with Crippen LogP contribution in [0, 0.1) is 27.7 Å². The molecule has 2 aromatic rings. The maximum absolute atomic E-state index is 6.28. The lowest BCUT2D eigenvalue weighted by atomic mass is 9.99. The van der Waals surface area contributed by atoms with Crippen LogP contribution in [0.1, 0.15) is 35.9 Å². The molecule has 1 aromatic heterocycles. The van der Waals surface area contributed by atoms with E-state index in [0.29, 0.717) is 0 Å². The lowest BCUT2D eigenvalue weighted by molar-refractivity contribution is 0.665. The third-order valence-corrected chi connectivity index (χ3v) is 3.74. The summed E-state index contributed by atoms with van der Waals surface area (Å²) in [7, 11) is 0. The topological polar surface area (TPSA) is 43.8 Å². The molecule has 1 heterocycles. The number of imidazole rings is 1. The van der Waals surface area contributed by atoms with E-state index < -0.39 is 0 Å². The summed E-state index contributed by atoms with van der Waals surface area (Å²) in [6.07, 6.45) is 1.06. The van der Waals surface area contributed by atoms with Crippen molar-refractivity contribution in [1.82, 2.24) is 9.55 Å². The van der Waals surface area contributed by atoms with Crippen molar-refractivity contribution in [3.63, 3.8) is 0 Å². The van der Waals surface area contributed by atoms with Crippen LogP contribution in [0.3, 0.4) is 0 Å². The van der Waals surface area contributed by atoms with Gasteiger partial charge in [0.25, 0.3) is 0 Å². The molecule has 0 amide bonds. The maximum Gasteiger partial charge on any atom is 0.131 e. The fourth-order valence-corrected chi connectivity index (χ4v) is 2.50. The first-order valence-electron chi connectivity index (χ1n) is 6.86. The van der Waals surface area contributed by atoms with Crippen LogP contribution in [0.15, 0.2) is 12.1 Å². The number of nitrogens with zero attached hydrogens (tertiary/aromatic N) is 2. The molecule has 102 valence electrons. The highest BCUT2D eigenvalue weighted by atomic mass is 15.1. The van der Waals surface area contributed by atoms with Gasteiger partial charge in [-0.1, -0.05) is 13.0 Å². The van der Waals surface area contributed by atoms with E-state index in [9.17, 15) is 0 Å². The number of aromatic nitrogens is 2. The second-order valence-corrected chi connectivity index (χ2v) is 5.30. The van der Waals surface area contributed by atoms with Crippen LogP contribution in [0.25, 0.3) is 11.3 Å². The first kappa shape index (κ1) is 13.7. The van der Waals surface area contributed by atoms with Crippen molar-refractivity contribution < 1.29 is 0 Å². The molecular formula is C16H23N3. The molecule has 0 saturated carbocycles. The summed E-state index contributed by atoms with van der Waals surface area (Å²) < 4.78 is 2.10. The van der Waals surface area contributed by atoms with Gasteiger partial charge >= 0.3 is 0 Å². The van der Waals surface area contributed by atoms with E-state index in [-0.39, 0.29) is 0 Å². The second kappa shape index (κ2) is 5.08. The molecule has 0 aliphatic carbocycles. The van der Waals surface area contributed by atoms with Crippen LogP contribution >= 0.6 is 0 Å². The summed E-state index contributed by atoms with van der Waals surface area (Å²) in [5.74, 6) is 1.78. The van der Waals surface area contributed by atoms with Gasteiger partial charge in [0.1, 0.15) is 17.3 Å². The van der Waals surface area contributed by atoms with Gasteiger partial charge in [-0.15, -0.1) is 0 Å². The normalized spacial score (nSPS) is 11.0. The van der Waals surface area contributed by atoms with Gasteiger partial charge in [0.05, 0.1) is 0 Å². The van der Waals surface area contributed by atoms with Gasteiger partial charge in [-0.05, 0) is 56.9 Å². The summed E-state index contributed by atoms with van der Waals surface area (Å²) >= 11 is 0. The second-order valence-electron chi connectivity index (χ2n) is 5.30. The van der Waals surface area contributed by atoms with Crippen LogP contribution < -0.4 is 5.73 Å². The molecule has 3 nitrogen and oxygen atoms in total. The van der Waals surface area contributed by atoms with Crippen molar-refractivity contribution >= 4 is 5.82 Å². The van der Waals surface area contributed by atoms with Gasteiger partial charge < -0.3 is 10.3 Å². The minimum atomic E-state index is 0.783. The summed E-state index contributed by atoms with van der Waals surface area (Å²) in [5.41, 5.74) is 12.2. The molecule has 19 heavy (non-hydrogen) atoms. The van der Waals surface area contributed by atoms with Crippen LogP contribution in [0.4, 0.5) is 5.82 Å².